The second-order valence-corrected chi connectivity index (χ2v) is 6.09. The minimum atomic E-state index is -0.818. The number of nitrogens with zero attached hydrogens (tertiary/aromatic N) is 2. The molecule has 0 spiro atoms. The van der Waals surface area contributed by atoms with E-state index in [1.807, 2.05) is 6.07 Å². The molecule has 7 nitrogen and oxygen atoms in total. The van der Waals surface area contributed by atoms with Gasteiger partial charge in [-0.3, -0.25) is 4.79 Å². The summed E-state index contributed by atoms with van der Waals surface area (Å²) in [5.74, 6) is 0.0257. The lowest BCUT2D eigenvalue weighted by Crippen LogP contribution is -2.46. The van der Waals surface area contributed by atoms with Gasteiger partial charge >= 0.3 is 6.09 Å². The van der Waals surface area contributed by atoms with Crippen LogP contribution in [-0.2, 0) is 14.3 Å². The first kappa shape index (κ1) is 17.5. The quantitative estimate of drug-likeness (QED) is 0.773. The third-order valence-electron chi connectivity index (χ3n) is 4.42. The second kappa shape index (κ2) is 9.36. The van der Waals surface area contributed by atoms with Crippen LogP contribution in [0.25, 0.3) is 0 Å². The van der Waals surface area contributed by atoms with Gasteiger partial charge in [-0.05, 0) is 12.3 Å². The number of hydrogen-bond acceptors (Lipinski definition) is 5. The molecule has 1 aliphatic carbocycles. The van der Waals surface area contributed by atoms with E-state index in [2.05, 4.69) is 5.32 Å². The lowest BCUT2D eigenvalue weighted by Gasteiger charge is -2.30. The Morgan fingerprint density at radius 2 is 1.96 bits per heavy atom. The first-order valence-electron chi connectivity index (χ1n) is 8.38. The monoisotopic (exact) mass is 323 g/mol. The minimum Gasteiger partial charge on any atom is -0.436 e. The maximum absolute atomic E-state index is 12.2. The van der Waals surface area contributed by atoms with E-state index in [9.17, 15) is 9.59 Å². The molecule has 1 N–H and O–H groups in total. The molecule has 7 heteroatoms. The molecule has 2 fully saturated rings. The molecule has 0 radical (unpaired) electrons. The Hall–Kier alpha value is -1.81. The SMILES string of the molecule is N#CCNC(=O)C(CC1CCCCC1)OC(=O)N1CCOCC1. The molecule has 2 rings (SSSR count). The van der Waals surface area contributed by atoms with Crippen LogP contribution in [0.3, 0.4) is 0 Å². The zero-order valence-electron chi connectivity index (χ0n) is 13.5. The molecule has 2 aliphatic rings. The van der Waals surface area contributed by atoms with Crippen molar-refractivity contribution in [2.24, 2.45) is 5.92 Å². The highest BCUT2D eigenvalue weighted by atomic mass is 16.6. The Kier molecular flexibility index (Phi) is 7.14. The molecule has 0 aromatic carbocycles. The van der Waals surface area contributed by atoms with Gasteiger partial charge in [0, 0.05) is 13.1 Å². The summed E-state index contributed by atoms with van der Waals surface area (Å²) in [4.78, 5) is 26.0. The zero-order valence-corrected chi connectivity index (χ0v) is 13.5. The smallest absolute Gasteiger partial charge is 0.410 e. The van der Waals surface area contributed by atoms with Crippen molar-refractivity contribution in [2.75, 3.05) is 32.8 Å². The third kappa shape index (κ3) is 5.71. The Bertz CT molecular complexity index is 437. The number of ether oxygens (including phenoxy) is 2. The molecule has 128 valence electrons. The Labute approximate surface area is 136 Å². The number of nitriles is 1. The average Bonchev–Trinajstić information content (AvgIpc) is 2.60. The van der Waals surface area contributed by atoms with E-state index < -0.39 is 12.2 Å². The van der Waals surface area contributed by atoms with E-state index in [-0.39, 0.29) is 12.5 Å². The molecule has 2 amide bonds. The highest BCUT2D eigenvalue weighted by molar-refractivity contribution is 5.83. The van der Waals surface area contributed by atoms with Crippen molar-refractivity contribution in [3.05, 3.63) is 0 Å². The molecule has 1 saturated heterocycles. The van der Waals surface area contributed by atoms with Crippen molar-refractivity contribution in [1.29, 1.82) is 5.26 Å². The molecular formula is C16H25N3O4. The van der Waals surface area contributed by atoms with Gasteiger partial charge in [0.05, 0.1) is 19.3 Å². The van der Waals surface area contributed by atoms with E-state index in [0.717, 1.165) is 25.7 Å². The number of amides is 2. The van der Waals surface area contributed by atoms with Gasteiger partial charge in [0.1, 0.15) is 6.54 Å². The topological polar surface area (TPSA) is 91.7 Å². The molecule has 1 heterocycles. The van der Waals surface area contributed by atoms with Crippen molar-refractivity contribution in [3.8, 4) is 6.07 Å². The summed E-state index contributed by atoms with van der Waals surface area (Å²) in [6, 6.07) is 1.87. The van der Waals surface area contributed by atoms with Gasteiger partial charge in [-0.25, -0.2) is 4.79 Å². The van der Waals surface area contributed by atoms with Gasteiger partial charge < -0.3 is 19.7 Å². The van der Waals surface area contributed by atoms with Crippen LogP contribution >= 0.6 is 0 Å². The van der Waals surface area contributed by atoms with Gasteiger partial charge in [0.15, 0.2) is 6.10 Å². The summed E-state index contributed by atoms with van der Waals surface area (Å²) in [6.07, 6.45) is 4.93. The first-order chi connectivity index (χ1) is 11.2. The Balaban J connectivity index is 1.92. The van der Waals surface area contributed by atoms with E-state index in [0.29, 0.717) is 38.6 Å². The van der Waals surface area contributed by atoms with Crippen LogP contribution < -0.4 is 5.32 Å². The zero-order chi connectivity index (χ0) is 16.5. The summed E-state index contributed by atoms with van der Waals surface area (Å²) in [5.41, 5.74) is 0. The number of carbonyl (C=O) groups is 2. The van der Waals surface area contributed by atoms with E-state index in [1.165, 1.54) is 6.42 Å². The summed E-state index contributed by atoms with van der Waals surface area (Å²) in [5, 5.41) is 11.1. The largest absolute Gasteiger partial charge is 0.436 e. The molecule has 1 atom stereocenters. The Morgan fingerprint density at radius 3 is 2.61 bits per heavy atom. The Morgan fingerprint density at radius 1 is 1.26 bits per heavy atom. The van der Waals surface area contributed by atoms with Crippen LogP contribution in [0, 0.1) is 17.2 Å². The number of nitrogens with one attached hydrogen (secondary N) is 1. The standard InChI is InChI=1S/C16H25N3O4/c17-6-7-18-15(20)14(12-13-4-2-1-3-5-13)23-16(21)19-8-10-22-11-9-19/h13-14H,1-5,7-12H2,(H,18,20). The van der Waals surface area contributed by atoms with Crippen LogP contribution in [0.1, 0.15) is 38.5 Å². The predicted molar refractivity (Wildman–Crippen MR) is 82.5 cm³/mol. The van der Waals surface area contributed by atoms with Gasteiger partial charge in [-0.15, -0.1) is 0 Å². The molecule has 1 aliphatic heterocycles. The van der Waals surface area contributed by atoms with Crippen molar-refractivity contribution >= 4 is 12.0 Å². The number of hydrogen-bond donors (Lipinski definition) is 1. The fourth-order valence-electron chi connectivity index (χ4n) is 3.12. The lowest BCUT2D eigenvalue weighted by atomic mass is 9.85. The normalized spacial score (nSPS) is 20.4. The van der Waals surface area contributed by atoms with Crippen LogP contribution in [0.4, 0.5) is 4.79 Å². The van der Waals surface area contributed by atoms with E-state index in [1.54, 1.807) is 4.90 Å². The summed E-state index contributed by atoms with van der Waals surface area (Å²) < 4.78 is 10.7. The maximum Gasteiger partial charge on any atom is 0.410 e. The predicted octanol–water partition coefficient (Wildman–Crippen LogP) is 1.43. The van der Waals surface area contributed by atoms with Gasteiger partial charge in [-0.2, -0.15) is 5.26 Å². The van der Waals surface area contributed by atoms with Crippen molar-refractivity contribution < 1.29 is 19.1 Å². The molecule has 0 aromatic heterocycles. The molecular weight excluding hydrogens is 298 g/mol. The fourth-order valence-corrected chi connectivity index (χ4v) is 3.12. The second-order valence-electron chi connectivity index (χ2n) is 6.09. The van der Waals surface area contributed by atoms with Gasteiger partial charge in [0.25, 0.3) is 5.91 Å². The summed E-state index contributed by atoms with van der Waals surface area (Å²) in [7, 11) is 0. The number of rotatable bonds is 5. The van der Waals surface area contributed by atoms with Crippen LogP contribution in [0.5, 0.6) is 0 Å². The highest BCUT2D eigenvalue weighted by Gasteiger charge is 2.29. The van der Waals surface area contributed by atoms with Gasteiger partial charge in [-0.1, -0.05) is 32.1 Å². The number of carbonyl (C=O) groups excluding carboxylic acids is 2. The van der Waals surface area contributed by atoms with Crippen LogP contribution in [-0.4, -0.2) is 55.9 Å². The van der Waals surface area contributed by atoms with Crippen molar-refractivity contribution in [1.82, 2.24) is 10.2 Å². The summed E-state index contributed by atoms with van der Waals surface area (Å²) in [6.45, 7) is 1.87. The fraction of sp³-hybridized carbons (Fsp3) is 0.812. The third-order valence-corrected chi connectivity index (χ3v) is 4.42. The summed E-state index contributed by atoms with van der Waals surface area (Å²) >= 11 is 0. The highest BCUT2D eigenvalue weighted by Crippen LogP contribution is 2.28. The molecule has 23 heavy (non-hydrogen) atoms. The molecule has 1 unspecified atom stereocenters. The van der Waals surface area contributed by atoms with Crippen LogP contribution in [0.15, 0.2) is 0 Å². The molecule has 1 saturated carbocycles. The number of morpholine rings is 1. The minimum absolute atomic E-state index is 0.0743. The molecule has 0 aromatic rings. The molecule has 0 bridgehead atoms. The van der Waals surface area contributed by atoms with E-state index in [4.69, 9.17) is 14.7 Å². The van der Waals surface area contributed by atoms with Crippen molar-refractivity contribution in [3.63, 3.8) is 0 Å². The van der Waals surface area contributed by atoms with Crippen molar-refractivity contribution in [2.45, 2.75) is 44.6 Å². The first-order valence-corrected chi connectivity index (χ1v) is 8.38. The van der Waals surface area contributed by atoms with Crippen LogP contribution in [0.2, 0.25) is 0 Å². The van der Waals surface area contributed by atoms with Gasteiger partial charge in [0.2, 0.25) is 0 Å². The lowest BCUT2D eigenvalue weighted by molar-refractivity contribution is -0.131. The van der Waals surface area contributed by atoms with E-state index >= 15 is 0 Å². The average molecular weight is 323 g/mol. The maximum atomic E-state index is 12.2.